The first-order valence-corrected chi connectivity index (χ1v) is 10.7. The molecule has 2 N–H and O–H groups in total. The number of benzene rings is 3. The SMILES string of the molecule is COc1cc(/C=N\NC(=O)CNC(=O)c2cccc(F)c2)ccc1OC(=O)c1ccc(Br)cc1. The van der Waals surface area contributed by atoms with Gasteiger partial charge in [0.05, 0.1) is 25.4 Å². The van der Waals surface area contributed by atoms with Crippen molar-refractivity contribution in [3.8, 4) is 11.5 Å². The molecule has 0 heterocycles. The van der Waals surface area contributed by atoms with Crippen molar-refractivity contribution in [3.63, 3.8) is 0 Å². The van der Waals surface area contributed by atoms with E-state index in [-0.39, 0.29) is 17.9 Å². The van der Waals surface area contributed by atoms with E-state index in [0.717, 1.165) is 10.5 Å². The summed E-state index contributed by atoms with van der Waals surface area (Å²) in [7, 11) is 1.43. The third kappa shape index (κ3) is 6.97. The maximum absolute atomic E-state index is 13.2. The fraction of sp³-hybridized carbons (Fsp3) is 0.0833. The molecular formula is C24H19BrFN3O5. The number of esters is 1. The largest absolute Gasteiger partial charge is 0.493 e. The van der Waals surface area contributed by atoms with E-state index in [2.05, 4.69) is 31.8 Å². The first-order chi connectivity index (χ1) is 16.4. The predicted octanol–water partition coefficient (Wildman–Crippen LogP) is 3.70. The van der Waals surface area contributed by atoms with Crippen molar-refractivity contribution in [1.82, 2.24) is 10.7 Å². The van der Waals surface area contributed by atoms with Gasteiger partial charge in [-0.25, -0.2) is 14.6 Å². The van der Waals surface area contributed by atoms with Crippen molar-refractivity contribution in [1.29, 1.82) is 0 Å². The van der Waals surface area contributed by atoms with Gasteiger partial charge in [0.2, 0.25) is 0 Å². The monoisotopic (exact) mass is 527 g/mol. The van der Waals surface area contributed by atoms with E-state index in [9.17, 15) is 18.8 Å². The minimum absolute atomic E-state index is 0.101. The molecule has 0 bridgehead atoms. The molecule has 0 radical (unpaired) electrons. The molecule has 2 amide bonds. The lowest BCUT2D eigenvalue weighted by Crippen LogP contribution is -2.34. The van der Waals surface area contributed by atoms with E-state index >= 15 is 0 Å². The highest BCUT2D eigenvalue weighted by Crippen LogP contribution is 2.28. The van der Waals surface area contributed by atoms with Crippen LogP contribution in [0.25, 0.3) is 0 Å². The molecule has 0 fully saturated rings. The molecule has 0 spiro atoms. The molecule has 34 heavy (non-hydrogen) atoms. The Hall–Kier alpha value is -4.05. The summed E-state index contributed by atoms with van der Waals surface area (Å²) in [5.74, 6) is -1.74. The van der Waals surface area contributed by atoms with Crippen molar-refractivity contribution in [2.45, 2.75) is 0 Å². The number of hydrogen-bond acceptors (Lipinski definition) is 6. The Bertz CT molecular complexity index is 1230. The van der Waals surface area contributed by atoms with Crippen LogP contribution >= 0.6 is 15.9 Å². The summed E-state index contributed by atoms with van der Waals surface area (Å²) in [4.78, 5) is 36.2. The highest BCUT2D eigenvalue weighted by Gasteiger charge is 2.13. The second kappa shape index (κ2) is 11.7. The smallest absolute Gasteiger partial charge is 0.343 e. The van der Waals surface area contributed by atoms with E-state index in [4.69, 9.17) is 9.47 Å². The van der Waals surface area contributed by atoms with Crippen LogP contribution < -0.4 is 20.2 Å². The number of nitrogens with one attached hydrogen (secondary N) is 2. The number of methoxy groups -OCH3 is 1. The van der Waals surface area contributed by atoms with Crippen molar-refractivity contribution in [2.24, 2.45) is 5.10 Å². The van der Waals surface area contributed by atoms with Gasteiger partial charge in [0.15, 0.2) is 11.5 Å². The summed E-state index contributed by atoms with van der Waals surface area (Å²) < 4.78 is 24.7. The zero-order valence-corrected chi connectivity index (χ0v) is 19.5. The first-order valence-electron chi connectivity index (χ1n) is 9.87. The van der Waals surface area contributed by atoms with Crippen LogP contribution in [0.3, 0.4) is 0 Å². The summed E-state index contributed by atoms with van der Waals surface area (Å²) in [6.45, 7) is -0.346. The molecule has 0 aliphatic rings. The van der Waals surface area contributed by atoms with Gasteiger partial charge < -0.3 is 14.8 Å². The fourth-order valence-corrected chi connectivity index (χ4v) is 2.97. The van der Waals surface area contributed by atoms with Crippen LogP contribution in [0.15, 0.2) is 76.3 Å². The van der Waals surface area contributed by atoms with Crippen molar-refractivity contribution in [3.05, 3.63) is 93.7 Å². The molecule has 174 valence electrons. The topological polar surface area (TPSA) is 106 Å². The number of amides is 2. The van der Waals surface area contributed by atoms with Crippen LogP contribution in [0.2, 0.25) is 0 Å². The van der Waals surface area contributed by atoms with Crippen molar-refractivity contribution in [2.75, 3.05) is 13.7 Å². The Morgan fingerprint density at radius 2 is 1.76 bits per heavy atom. The zero-order chi connectivity index (χ0) is 24.5. The molecule has 0 aromatic heterocycles. The van der Waals surface area contributed by atoms with Crippen LogP contribution in [0.4, 0.5) is 4.39 Å². The lowest BCUT2D eigenvalue weighted by molar-refractivity contribution is -0.120. The summed E-state index contributed by atoms with van der Waals surface area (Å²) in [5, 5.41) is 6.20. The normalized spacial score (nSPS) is 10.6. The van der Waals surface area contributed by atoms with Gasteiger partial charge in [0, 0.05) is 10.0 Å². The van der Waals surface area contributed by atoms with Crippen LogP contribution in [0.5, 0.6) is 11.5 Å². The maximum Gasteiger partial charge on any atom is 0.343 e. The quantitative estimate of drug-likeness (QED) is 0.201. The molecule has 3 aromatic carbocycles. The van der Waals surface area contributed by atoms with E-state index in [1.807, 2.05) is 0 Å². The molecule has 0 aliphatic heterocycles. The van der Waals surface area contributed by atoms with E-state index < -0.39 is 23.6 Å². The number of nitrogens with zero attached hydrogens (tertiary/aromatic N) is 1. The molecule has 10 heteroatoms. The van der Waals surface area contributed by atoms with Gasteiger partial charge in [0.25, 0.3) is 11.8 Å². The fourth-order valence-electron chi connectivity index (χ4n) is 2.70. The van der Waals surface area contributed by atoms with Crippen molar-refractivity contribution < 1.29 is 28.2 Å². The van der Waals surface area contributed by atoms with E-state index in [1.165, 1.54) is 37.6 Å². The number of halogens is 2. The Kier molecular flexibility index (Phi) is 8.47. The Labute approximate surface area is 202 Å². The summed E-state index contributed by atoms with van der Waals surface area (Å²) in [5.41, 5.74) is 3.31. The van der Waals surface area contributed by atoms with Gasteiger partial charge in [-0.2, -0.15) is 5.10 Å². The lowest BCUT2D eigenvalue weighted by atomic mass is 10.2. The number of rotatable bonds is 8. The number of ether oxygens (including phenoxy) is 2. The molecule has 8 nitrogen and oxygen atoms in total. The third-order valence-corrected chi connectivity index (χ3v) is 4.90. The van der Waals surface area contributed by atoms with Gasteiger partial charge in [-0.15, -0.1) is 0 Å². The van der Waals surface area contributed by atoms with Crippen LogP contribution in [-0.2, 0) is 4.79 Å². The van der Waals surface area contributed by atoms with E-state index in [1.54, 1.807) is 36.4 Å². The zero-order valence-electron chi connectivity index (χ0n) is 17.9. The van der Waals surface area contributed by atoms with Crippen molar-refractivity contribution >= 4 is 39.9 Å². The predicted molar refractivity (Wildman–Crippen MR) is 127 cm³/mol. The Morgan fingerprint density at radius 1 is 1.00 bits per heavy atom. The molecule has 0 saturated heterocycles. The van der Waals surface area contributed by atoms with Crippen LogP contribution in [0.1, 0.15) is 26.3 Å². The summed E-state index contributed by atoms with van der Waals surface area (Å²) in [6, 6.07) is 16.6. The third-order valence-electron chi connectivity index (χ3n) is 4.37. The molecule has 3 rings (SSSR count). The number of hydrazone groups is 1. The second-order valence-electron chi connectivity index (χ2n) is 6.79. The van der Waals surface area contributed by atoms with Crippen LogP contribution in [-0.4, -0.2) is 37.7 Å². The molecule has 0 unspecified atom stereocenters. The van der Waals surface area contributed by atoms with Gasteiger partial charge in [-0.1, -0.05) is 22.0 Å². The number of carbonyl (C=O) groups is 3. The Morgan fingerprint density at radius 3 is 2.47 bits per heavy atom. The highest BCUT2D eigenvalue weighted by atomic mass is 79.9. The molecule has 0 saturated carbocycles. The molecule has 0 atom stereocenters. The summed E-state index contributed by atoms with van der Waals surface area (Å²) >= 11 is 3.31. The molecular weight excluding hydrogens is 509 g/mol. The molecule has 3 aromatic rings. The van der Waals surface area contributed by atoms with Gasteiger partial charge in [0.1, 0.15) is 5.82 Å². The standard InChI is InChI=1S/C24H19BrFN3O5/c1-33-21-11-15(5-10-20(21)34-24(32)16-6-8-18(25)9-7-16)13-28-29-22(30)14-27-23(31)17-3-2-4-19(26)12-17/h2-13H,14H2,1H3,(H,27,31)(H,29,30)/b28-13-. The lowest BCUT2D eigenvalue weighted by Gasteiger charge is -2.10. The minimum atomic E-state index is -0.586. The van der Waals surface area contributed by atoms with Gasteiger partial charge >= 0.3 is 5.97 Å². The summed E-state index contributed by atoms with van der Waals surface area (Å²) in [6.07, 6.45) is 1.36. The maximum atomic E-state index is 13.2. The van der Waals surface area contributed by atoms with Gasteiger partial charge in [-0.05, 0) is 66.2 Å². The Balaban J connectivity index is 1.54. The molecule has 0 aliphatic carbocycles. The average molecular weight is 528 g/mol. The van der Waals surface area contributed by atoms with Crippen LogP contribution in [0, 0.1) is 5.82 Å². The highest BCUT2D eigenvalue weighted by molar-refractivity contribution is 9.10. The number of hydrogen-bond donors (Lipinski definition) is 2. The average Bonchev–Trinajstić information content (AvgIpc) is 2.83. The number of carbonyl (C=O) groups excluding carboxylic acids is 3. The van der Waals surface area contributed by atoms with Gasteiger partial charge in [-0.3, -0.25) is 9.59 Å². The minimum Gasteiger partial charge on any atom is -0.493 e. The second-order valence-corrected chi connectivity index (χ2v) is 7.71. The first kappa shape index (κ1) is 24.6. The van der Waals surface area contributed by atoms with E-state index in [0.29, 0.717) is 16.9 Å².